The van der Waals surface area contributed by atoms with Crippen LogP contribution in [0.1, 0.15) is 72.1 Å². The van der Waals surface area contributed by atoms with Gasteiger partial charge in [0.05, 0.1) is 0 Å². The molecule has 2 nitrogen and oxygen atoms in total. The maximum atomic E-state index is 10.7. The molecule has 0 amide bonds. The Morgan fingerprint density at radius 3 is 2.12 bits per heavy atom. The minimum absolute atomic E-state index is 0.0960. The second-order valence-electron chi connectivity index (χ2n) is 9.07. The highest BCUT2D eigenvalue weighted by atomic mass is 16.4. The van der Waals surface area contributed by atoms with Crippen LogP contribution in [0.2, 0.25) is 0 Å². The van der Waals surface area contributed by atoms with Crippen molar-refractivity contribution < 1.29 is 9.90 Å². The van der Waals surface area contributed by atoms with Crippen molar-refractivity contribution in [2.24, 2.45) is 5.41 Å². The number of carboxylic acid groups (broad SMARTS) is 1. The molecule has 0 saturated heterocycles. The van der Waals surface area contributed by atoms with Gasteiger partial charge in [0.15, 0.2) is 0 Å². The normalized spacial score (nSPS) is 21.1. The Hall–Kier alpha value is -2.09. The molecular formula is C24H32O2. The molecule has 1 aromatic rings. The van der Waals surface area contributed by atoms with Gasteiger partial charge in [-0.25, -0.2) is 4.79 Å². The van der Waals surface area contributed by atoms with Crippen LogP contribution < -0.4 is 0 Å². The van der Waals surface area contributed by atoms with E-state index in [1.165, 1.54) is 28.3 Å². The summed E-state index contributed by atoms with van der Waals surface area (Å²) in [5.41, 5.74) is 6.38. The predicted octanol–water partition coefficient (Wildman–Crippen LogP) is 6.27. The summed E-state index contributed by atoms with van der Waals surface area (Å²) < 4.78 is 0. The van der Waals surface area contributed by atoms with E-state index in [-0.39, 0.29) is 16.2 Å². The van der Waals surface area contributed by atoms with Crippen LogP contribution in [0, 0.1) is 5.41 Å². The highest BCUT2D eigenvalue weighted by molar-refractivity contribution is 5.81. The first-order valence-electron chi connectivity index (χ1n) is 9.24. The molecule has 2 rings (SSSR count). The van der Waals surface area contributed by atoms with Crippen LogP contribution in [0.3, 0.4) is 0 Å². The third kappa shape index (κ3) is 3.18. The number of aliphatic carboxylic acids is 1. The maximum Gasteiger partial charge on any atom is 0.328 e. The van der Waals surface area contributed by atoms with E-state index in [9.17, 15) is 4.79 Å². The van der Waals surface area contributed by atoms with Crippen molar-refractivity contribution in [2.45, 2.75) is 66.2 Å². The number of hydrogen-bond acceptors (Lipinski definition) is 1. The molecule has 0 fully saturated rings. The molecule has 0 aliphatic heterocycles. The van der Waals surface area contributed by atoms with E-state index in [2.05, 4.69) is 66.7 Å². The zero-order valence-corrected chi connectivity index (χ0v) is 17.4. The number of hydrogen-bond donors (Lipinski definition) is 1. The van der Waals surface area contributed by atoms with Gasteiger partial charge in [-0.15, -0.1) is 0 Å². The number of carboxylic acids is 1. The SMILES string of the molecule is CC(/C=C/C=C(\C)c1ccc2c(c1)C(C)(C)C(C)(C)C2(C)C)=C\C(=O)O. The zero-order chi connectivity index (χ0) is 19.9. The van der Waals surface area contributed by atoms with Gasteiger partial charge in [0, 0.05) is 6.08 Å². The van der Waals surface area contributed by atoms with Crippen molar-refractivity contribution in [1.29, 1.82) is 0 Å². The van der Waals surface area contributed by atoms with E-state index in [0.29, 0.717) is 0 Å². The summed E-state index contributed by atoms with van der Waals surface area (Å²) >= 11 is 0. The molecule has 0 atom stereocenters. The van der Waals surface area contributed by atoms with Gasteiger partial charge in [-0.1, -0.05) is 78.0 Å². The summed E-state index contributed by atoms with van der Waals surface area (Å²) in [6, 6.07) is 6.83. The van der Waals surface area contributed by atoms with Gasteiger partial charge >= 0.3 is 5.97 Å². The molecule has 1 aliphatic rings. The Balaban J connectivity index is 2.40. The summed E-state index contributed by atoms with van der Waals surface area (Å²) in [6.45, 7) is 18.0. The number of rotatable bonds is 4. The summed E-state index contributed by atoms with van der Waals surface area (Å²) in [5, 5.41) is 8.77. The van der Waals surface area contributed by atoms with E-state index in [1.54, 1.807) is 6.92 Å². The third-order valence-electron chi connectivity index (χ3n) is 7.00. The molecular weight excluding hydrogens is 320 g/mol. The first-order valence-corrected chi connectivity index (χ1v) is 9.24. The second-order valence-corrected chi connectivity index (χ2v) is 9.07. The molecule has 0 aromatic heterocycles. The monoisotopic (exact) mass is 352 g/mol. The van der Waals surface area contributed by atoms with Crippen LogP contribution in [0.5, 0.6) is 0 Å². The average Bonchev–Trinajstić information content (AvgIpc) is 2.62. The van der Waals surface area contributed by atoms with Gasteiger partial charge < -0.3 is 5.11 Å². The summed E-state index contributed by atoms with van der Waals surface area (Å²) in [5.74, 6) is -0.918. The smallest absolute Gasteiger partial charge is 0.328 e. The molecule has 0 heterocycles. The summed E-state index contributed by atoms with van der Waals surface area (Å²) in [7, 11) is 0. The minimum Gasteiger partial charge on any atom is -0.478 e. The lowest BCUT2D eigenvalue weighted by molar-refractivity contribution is -0.131. The van der Waals surface area contributed by atoms with E-state index >= 15 is 0 Å². The second kappa shape index (κ2) is 6.57. The van der Waals surface area contributed by atoms with Gasteiger partial charge in [0.2, 0.25) is 0 Å². The molecule has 140 valence electrons. The Morgan fingerprint density at radius 1 is 0.962 bits per heavy atom. The Morgan fingerprint density at radius 2 is 1.54 bits per heavy atom. The van der Waals surface area contributed by atoms with Gasteiger partial charge in [-0.3, -0.25) is 0 Å². The van der Waals surface area contributed by atoms with Crippen LogP contribution in [0.15, 0.2) is 48.1 Å². The van der Waals surface area contributed by atoms with Crippen LogP contribution >= 0.6 is 0 Å². The zero-order valence-electron chi connectivity index (χ0n) is 17.4. The van der Waals surface area contributed by atoms with Gasteiger partial charge in [-0.2, -0.15) is 0 Å². The van der Waals surface area contributed by atoms with Crippen molar-refractivity contribution in [2.75, 3.05) is 0 Å². The molecule has 2 heteroatoms. The van der Waals surface area contributed by atoms with Crippen LogP contribution in [-0.4, -0.2) is 11.1 Å². The van der Waals surface area contributed by atoms with E-state index < -0.39 is 5.97 Å². The molecule has 0 saturated carbocycles. The van der Waals surface area contributed by atoms with Gasteiger partial charge in [-0.05, 0) is 57.9 Å². The highest BCUT2D eigenvalue weighted by Crippen LogP contribution is 2.61. The van der Waals surface area contributed by atoms with Gasteiger partial charge in [0.1, 0.15) is 0 Å². The first-order chi connectivity index (χ1) is 11.8. The van der Waals surface area contributed by atoms with Crippen molar-refractivity contribution in [1.82, 2.24) is 0 Å². The van der Waals surface area contributed by atoms with Crippen LogP contribution in [-0.2, 0) is 15.6 Å². The lowest BCUT2D eigenvalue weighted by Crippen LogP contribution is -2.42. The van der Waals surface area contributed by atoms with Crippen molar-refractivity contribution >= 4 is 11.5 Å². The van der Waals surface area contributed by atoms with E-state index in [1.807, 2.05) is 18.2 Å². The minimum atomic E-state index is -0.918. The predicted molar refractivity (Wildman–Crippen MR) is 110 cm³/mol. The lowest BCUT2D eigenvalue weighted by Gasteiger charge is -2.44. The molecule has 26 heavy (non-hydrogen) atoms. The third-order valence-corrected chi connectivity index (χ3v) is 7.00. The largest absolute Gasteiger partial charge is 0.478 e. The summed E-state index contributed by atoms with van der Waals surface area (Å²) in [4.78, 5) is 10.7. The number of benzene rings is 1. The highest BCUT2D eigenvalue weighted by Gasteiger charge is 2.56. The molecule has 1 N–H and O–H groups in total. The fourth-order valence-electron chi connectivity index (χ4n) is 3.99. The lowest BCUT2D eigenvalue weighted by atomic mass is 9.59. The fraction of sp³-hybridized carbons (Fsp3) is 0.458. The molecule has 0 radical (unpaired) electrons. The van der Waals surface area contributed by atoms with Crippen LogP contribution in [0.25, 0.3) is 5.57 Å². The molecule has 0 bridgehead atoms. The molecule has 0 unspecified atom stereocenters. The summed E-state index contributed by atoms with van der Waals surface area (Å²) in [6.07, 6.45) is 6.98. The standard InChI is InChI=1S/C24H32O2/c1-16(14-21(25)26)10-9-11-17(2)18-12-13-19-20(15-18)23(5,6)24(7,8)22(19,3)4/h9-15H,1-8H3,(H,25,26)/b10-9+,16-14+,17-11+. The Labute approximate surface area is 158 Å². The van der Waals surface area contributed by atoms with Crippen molar-refractivity contribution in [3.63, 3.8) is 0 Å². The van der Waals surface area contributed by atoms with Crippen LogP contribution in [0.4, 0.5) is 0 Å². The maximum absolute atomic E-state index is 10.7. The number of allylic oxidation sites excluding steroid dienone is 5. The number of fused-ring (bicyclic) bond motifs is 1. The quantitative estimate of drug-likeness (QED) is 0.512. The van der Waals surface area contributed by atoms with Crippen molar-refractivity contribution in [3.8, 4) is 0 Å². The van der Waals surface area contributed by atoms with Crippen molar-refractivity contribution in [3.05, 3.63) is 64.8 Å². The molecule has 1 aliphatic carbocycles. The number of carbonyl (C=O) groups is 1. The topological polar surface area (TPSA) is 37.3 Å². The first kappa shape index (κ1) is 20.2. The van der Waals surface area contributed by atoms with E-state index in [0.717, 1.165) is 5.57 Å². The molecule has 1 aromatic carbocycles. The van der Waals surface area contributed by atoms with E-state index in [4.69, 9.17) is 5.11 Å². The molecule has 0 spiro atoms. The average molecular weight is 353 g/mol. The Kier molecular flexibility index (Phi) is 5.11. The Bertz CT molecular complexity index is 815. The fourth-order valence-corrected chi connectivity index (χ4v) is 3.99. The van der Waals surface area contributed by atoms with Gasteiger partial charge in [0.25, 0.3) is 0 Å².